The van der Waals surface area contributed by atoms with E-state index in [1.165, 1.54) is 6.33 Å². The number of fused-ring (bicyclic) bond motifs is 2. The van der Waals surface area contributed by atoms with Gasteiger partial charge in [0.15, 0.2) is 0 Å². The van der Waals surface area contributed by atoms with E-state index in [-0.39, 0.29) is 17.6 Å². The molecule has 4 rings (SSSR count). The van der Waals surface area contributed by atoms with Crippen LogP contribution in [0.15, 0.2) is 42.1 Å². The van der Waals surface area contributed by atoms with Crippen LogP contribution in [0.25, 0.3) is 0 Å². The van der Waals surface area contributed by atoms with Crippen molar-refractivity contribution in [2.45, 2.75) is 37.4 Å². The molecule has 0 aromatic carbocycles. The maximum absolute atomic E-state index is 12.3. The lowest BCUT2D eigenvalue weighted by molar-refractivity contribution is -0.117. The van der Waals surface area contributed by atoms with Crippen molar-refractivity contribution in [2.24, 2.45) is 5.73 Å². The van der Waals surface area contributed by atoms with Crippen molar-refractivity contribution in [2.75, 3.05) is 11.9 Å². The zero-order valence-electron chi connectivity index (χ0n) is 12.8. The number of amides is 1. The number of rotatable bonds is 2. The molecule has 1 saturated carbocycles. The molecular formula is C16H20N6O. The third kappa shape index (κ3) is 2.46. The summed E-state index contributed by atoms with van der Waals surface area (Å²) in [4.78, 5) is 22.6. The number of hydrogen-bond donors (Lipinski definition) is 3. The van der Waals surface area contributed by atoms with E-state index < -0.39 is 0 Å². The first-order chi connectivity index (χ1) is 11.2. The molecule has 120 valence electrons. The Morgan fingerprint density at radius 1 is 1.43 bits per heavy atom. The summed E-state index contributed by atoms with van der Waals surface area (Å²) in [6.45, 7) is 0.640. The Bertz CT molecular complexity index is 685. The van der Waals surface area contributed by atoms with Gasteiger partial charge in [0.25, 0.3) is 5.91 Å². The van der Waals surface area contributed by atoms with Crippen molar-refractivity contribution in [1.82, 2.24) is 20.2 Å². The van der Waals surface area contributed by atoms with Crippen LogP contribution in [0.3, 0.4) is 0 Å². The second kappa shape index (κ2) is 5.34. The van der Waals surface area contributed by atoms with Crippen molar-refractivity contribution in [3.05, 3.63) is 42.1 Å². The molecule has 2 atom stereocenters. The van der Waals surface area contributed by atoms with Gasteiger partial charge in [-0.1, -0.05) is 0 Å². The van der Waals surface area contributed by atoms with Crippen LogP contribution in [-0.4, -0.2) is 39.0 Å². The van der Waals surface area contributed by atoms with Crippen LogP contribution in [0, 0.1) is 0 Å². The molecule has 7 heteroatoms. The minimum atomic E-state index is -0.340. The molecule has 1 aromatic rings. The van der Waals surface area contributed by atoms with E-state index >= 15 is 0 Å². The number of allylic oxidation sites excluding steroid dienone is 2. The molecule has 1 spiro atoms. The van der Waals surface area contributed by atoms with Crippen LogP contribution >= 0.6 is 0 Å². The molecule has 4 N–H and O–H groups in total. The van der Waals surface area contributed by atoms with Crippen molar-refractivity contribution in [3.8, 4) is 0 Å². The smallest absolute Gasteiger partial charge is 0.269 e. The van der Waals surface area contributed by atoms with E-state index in [0.717, 1.165) is 42.9 Å². The second-order valence-electron chi connectivity index (χ2n) is 6.39. The van der Waals surface area contributed by atoms with E-state index in [1.807, 2.05) is 18.2 Å². The minimum Gasteiger partial charge on any atom is -0.342 e. The fraction of sp³-hybridized carbons (Fsp3) is 0.438. The molecule has 2 aliphatic heterocycles. The maximum Gasteiger partial charge on any atom is 0.269 e. The first-order valence-corrected chi connectivity index (χ1v) is 7.96. The number of hydrogen-bond acceptors (Lipinski definition) is 6. The third-order valence-corrected chi connectivity index (χ3v) is 4.79. The Morgan fingerprint density at radius 2 is 2.35 bits per heavy atom. The van der Waals surface area contributed by atoms with E-state index in [1.54, 1.807) is 6.20 Å². The fourth-order valence-corrected chi connectivity index (χ4v) is 3.76. The van der Waals surface area contributed by atoms with E-state index in [9.17, 15) is 4.79 Å². The normalized spacial score (nSPS) is 29.7. The van der Waals surface area contributed by atoms with E-state index in [4.69, 9.17) is 5.73 Å². The molecule has 2 fully saturated rings. The molecule has 1 saturated heterocycles. The lowest BCUT2D eigenvalue weighted by Gasteiger charge is -2.44. The number of nitrogens with two attached hydrogens (primary N) is 1. The Morgan fingerprint density at radius 3 is 3.13 bits per heavy atom. The van der Waals surface area contributed by atoms with Gasteiger partial charge in [0.2, 0.25) is 0 Å². The predicted molar refractivity (Wildman–Crippen MR) is 85.8 cm³/mol. The van der Waals surface area contributed by atoms with E-state index in [0.29, 0.717) is 6.54 Å². The highest BCUT2D eigenvalue weighted by Gasteiger charge is 2.49. The average Bonchev–Trinajstić information content (AvgIpc) is 2.80. The second-order valence-corrected chi connectivity index (χ2v) is 6.39. The molecule has 1 unspecified atom stereocenters. The lowest BCUT2D eigenvalue weighted by atomic mass is 9.85. The Balaban J connectivity index is 1.59. The molecule has 1 amide bonds. The van der Waals surface area contributed by atoms with Crippen LogP contribution in [0.4, 0.5) is 5.82 Å². The van der Waals surface area contributed by atoms with Crippen molar-refractivity contribution >= 4 is 11.7 Å². The third-order valence-electron chi connectivity index (χ3n) is 4.79. The number of aromatic nitrogens is 2. The van der Waals surface area contributed by atoms with Gasteiger partial charge in [-0.15, -0.1) is 0 Å². The van der Waals surface area contributed by atoms with Gasteiger partial charge in [0, 0.05) is 24.4 Å². The molecule has 3 heterocycles. The van der Waals surface area contributed by atoms with Crippen LogP contribution in [0.5, 0.6) is 0 Å². The molecule has 1 aliphatic carbocycles. The van der Waals surface area contributed by atoms with Crippen molar-refractivity contribution in [1.29, 1.82) is 0 Å². The lowest BCUT2D eigenvalue weighted by Crippen LogP contribution is -2.57. The Hall–Kier alpha value is -2.41. The van der Waals surface area contributed by atoms with Crippen LogP contribution in [-0.2, 0) is 4.79 Å². The zero-order valence-corrected chi connectivity index (χ0v) is 12.8. The Labute approximate surface area is 134 Å². The predicted octanol–water partition coefficient (Wildman–Crippen LogP) is 0.699. The number of nitrogens with zero attached hydrogens (tertiary/aromatic N) is 3. The number of carbonyl (C=O) groups excluding carboxylic acids is 1. The molecule has 3 aliphatic rings. The van der Waals surface area contributed by atoms with Crippen molar-refractivity contribution in [3.63, 3.8) is 0 Å². The van der Waals surface area contributed by atoms with Crippen molar-refractivity contribution < 1.29 is 4.79 Å². The molecule has 0 bridgehead atoms. The number of nitrogens with one attached hydrogen (secondary N) is 2. The van der Waals surface area contributed by atoms with Gasteiger partial charge < -0.3 is 21.3 Å². The summed E-state index contributed by atoms with van der Waals surface area (Å²) < 4.78 is 0. The summed E-state index contributed by atoms with van der Waals surface area (Å²) in [6, 6.07) is 1.95. The fourth-order valence-electron chi connectivity index (χ4n) is 3.76. The molecule has 1 aromatic heterocycles. The minimum absolute atomic E-state index is 0.00330. The summed E-state index contributed by atoms with van der Waals surface area (Å²) in [5, 5.41) is 6.47. The topological polar surface area (TPSA) is 96.2 Å². The van der Waals surface area contributed by atoms with Gasteiger partial charge in [0.1, 0.15) is 23.5 Å². The van der Waals surface area contributed by atoms with Gasteiger partial charge in [-0.2, -0.15) is 0 Å². The highest BCUT2D eigenvalue weighted by atomic mass is 16.2. The molecule has 23 heavy (non-hydrogen) atoms. The van der Waals surface area contributed by atoms with Crippen LogP contribution < -0.4 is 16.4 Å². The molecular weight excluding hydrogens is 292 g/mol. The first kappa shape index (κ1) is 14.2. The monoisotopic (exact) mass is 312 g/mol. The standard InChI is InChI=1S/C16H20N6O/c17-11-2-1-6-16(8-11)21-15(23)13-4-3-12(9-22(13)16)20-14-5-7-18-10-19-14/h3-5,7,10-11H,1-2,6,8-9,17H2,(H,21,23)(H,18,19,20)/t11-,16?/m0/s1. The highest BCUT2D eigenvalue weighted by Crippen LogP contribution is 2.39. The van der Waals surface area contributed by atoms with Gasteiger partial charge in [-0.25, -0.2) is 9.97 Å². The van der Waals surface area contributed by atoms with Gasteiger partial charge >= 0.3 is 0 Å². The van der Waals surface area contributed by atoms with E-state index in [2.05, 4.69) is 25.5 Å². The summed E-state index contributed by atoms with van der Waals surface area (Å²) in [7, 11) is 0. The zero-order chi connectivity index (χ0) is 15.9. The molecule has 0 radical (unpaired) electrons. The summed E-state index contributed by atoms with van der Waals surface area (Å²) in [6.07, 6.45) is 10.8. The van der Waals surface area contributed by atoms with Crippen LogP contribution in [0.2, 0.25) is 0 Å². The Kier molecular flexibility index (Phi) is 3.30. The number of anilines is 1. The molecule has 7 nitrogen and oxygen atoms in total. The number of carbonyl (C=O) groups is 1. The van der Waals surface area contributed by atoms with Gasteiger partial charge in [-0.3, -0.25) is 4.79 Å². The van der Waals surface area contributed by atoms with Gasteiger partial charge in [-0.05, 0) is 37.5 Å². The maximum atomic E-state index is 12.3. The van der Waals surface area contributed by atoms with Gasteiger partial charge in [0.05, 0.1) is 6.54 Å². The summed E-state index contributed by atoms with van der Waals surface area (Å²) in [5.74, 6) is 0.743. The van der Waals surface area contributed by atoms with Crippen LogP contribution in [0.1, 0.15) is 25.7 Å². The average molecular weight is 312 g/mol. The first-order valence-electron chi connectivity index (χ1n) is 7.96. The largest absolute Gasteiger partial charge is 0.342 e. The summed E-state index contributed by atoms with van der Waals surface area (Å²) in [5.41, 5.74) is 7.56. The highest BCUT2D eigenvalue weighted by molar-refractivity contribution is 5.96. The SMILES string of the molecule is N[C@H]1CCCC2(C1)NC(=O)C1=CC=C(Nc3ccncn3)CN12. The quantitative estimate of drug-likeness (QED) is 0.744. The summed E-state index contributed by atoms with van der Waals surface area (Å²) >= 11 is 0.